The lowest BCUT2D eigenvalue weighted by Crippen LogP contribution is -2.15. The first kappa shape index (κ1) is 18.0. The van der Waals surface area contributed by atoms with E-state index in [-0.39, 0.29) is 12.4 Å². The Morgan fingerprint density at radius 1 is 1.12 bits per heavy atom. The van der Waals surface area contributed by atoms with E-state index in [1.165, 1.54) is 0 Å². The summed E-state index contributed by atoms with van der Waals surface area (Å²) in [6.07, 6.45) is 2.74. The number of aryl methyl sites for hydroxylation is 2. The Morgan fingerprint density at radius 3 is 2.58 bits per heavy atom. The zero-order valence-corrected chi connectivity index (χ0v) is 15.7. The van der Waals surface area contributed by atoms with Crippen molar-refractivity contribution < 1.29 is 14.3 Å². The predicted octanol–water partition coefficient (Wildman–Crippen LogP) is 4.05. The van der Waals surface area contributed by atoms with Gasteiger partial charge in [0.1, 0.15) is 0 Å². The van der Waals surface area contributed by atoms with Gasteiger partial charge >= 0.3 is 5.97 Å². The number of esters is 1. The van der Waals surface area contributed by atoms with Gasteiger partial charge in [0.15, 0.2) is 6.61 Å². The third-order valence-electron chi connectivity index (χ3n) is 4.77. The number of carbonyl (C=O) groups excluding carboxylic acids is 2. The lowest BCUT2D eigenvalue weighted by atomic mass is 10.1. The Morgan fingerprint density at radius 2 is 1.85 bits per heavy atom. The largest absolute Gasteiger partial charge is 0.454 e. The van der Waals surface area contributed by atoms with Crippen LogP contribution in [-0.2, 0) is 18.3 Å². The maximum absolute atomic E-state index is 12.5. The molecule has 0 aliphatic heterocycles. The Balaban J connectivity index is 1.75. The Hall–Kier alpha value is -2.82. The Labute approximate surface area is 153 Å². The highest BCUT2D eigenvalue weighted by Gasteiger charge is 2.19. The third kappa shape index (κ3) is 3.17. The maximum Gasteiger partial charge on any atom is 0.340 e. The Bertz CT molecular complexity index is 979. The van der Waals surface area contributed by atoms with Crippen LogP contribution in [0.1, 0.15) is 45.4 Å². The van der Waals surface area contributed by atoms with Gasteiger partial charge in [0.05, 0.1) is 5.56 Å². The molecule has 0 amide bonds. The van der Waals surface area contributed by atoms with E-state index in [1.54, 1.807) is 6.20 Å². The number of aromatic nitrogens is 2. The molecule has 5 nitrogen and oxygen atoms in total. The number of fused-ring (bicyclic) bond motifs is 1. The highest BCUT2D eigenvalue weighted by molar-refractivity contribution is 6.06. The van der Waals surface area contributed by atoms with Gasteiger partial charge in [0, 0.05) is 47.6 Å². The molecule has 0 bridgehead atoms. The number of ether oxygens (including phenoxy) is 1. The zero-order valence-electron chi connectivity index (χ0n) is 15.7. The fraction of sp³-hybridized carbons (Fsp3) is 0.333. The molecule has 0 unspecified atom stereocenters. The number of hydrogen-bond acceptors (Lipinski definition) is 3. The second-order valence-electron chi connectivity index (χ2n) is 6.61. The molecule has 2 aromatic heterocycles. The summed E-state index contributed by atoms with van der Waals surface area (Å²) in [5.74, 6) is -0.647. The molecule has 0 saturated heterocycles. The molecule has 0 atom stereocenters. The summed E-state index contributed by atoms with van der Waals surface area (Å²) in [4.78, 5) is 25.0. The minimum Gasteiger partial charge on any atom is -0.454 e. The molecule has 0 spiro atoms. The van der Waals surface area contributed by atoms with Crippen molar-refractivity contribution in [2.45, 2.75) is 33.7 Å². The van der Waals surface area contributed by atoms with E-state index in [9.17, 15) is 9.59 Å². The van der Waals surface area contributed by atoms with E-state index >= 15 is 0 Å². The minimum absolute atomic E-state index is 0.172. The molecule has 0 saturated carbocycles. The predicted molar refractivity (Wildman–Crippen MR) is 102 cm³/mol. The molecule has 3 rings (SSSR count). The fourth-order valence-electron chi connectivity index (χ4n) is 3.44. The molecule has 26 heavy (non-hydrogen) atoms. The maximum atomic E-state index is 12.5. The van der Waals surface area contributed by atoms with Crippen LogP contribution in [0.15, 0.2) is 36.5 Å². The van der Waals surface area contributed by atoms with Crippen molar-refractivity contribution >= 4 is 22.7 Å². The highest BCUT2D eigenvalue weighted by atomic mass is 16.5. The quantitative estimate of drug-likeness (QED) is 0.497. The van der Waals surface area contributed by atoms with Crippen molar-refractivity contribution in [2.75, 3.05) is 6.61 Å². The van der Waals surface area contributed by atoms with Gasteiger partial charge < -0.3 is 13.9 Å². The van der Waals surface area contributed by atoms with Crippen molar-refractivity contribution in [2.24, 2.45) is 7.05 Å². The van der Waals surface area contributed by atoms with Crippen LogP contribution in [0.3, 0.4) is 0 Å². The van der Waals surface area contributed by atoms with Crippen LogP contribution in [0.5, 0.6) is 0 Å². The molecule has 0 fully saturated rings. The van der Waals surface area contributed by atoms with Gasteiger partial charge in [-0.15, -0.1) is 0 Å². The SMILES string of the molecule is CCCn1c(C)cc(C(=O)COC(=O)c2cn(C)c3ccccc23)c1C. The topological polar surface area (TPSA) is 53.2 Å². The molecule has 2 heterocycles. The number of ketones is 1. The number of nitrogens with zero attached hydrogens (tertiary/aromatic N) is 2. The van der Waals surface area contributed by atoms with E-state index in [1.807, 2.05) is 55.8 Å². The smallest absolute Gasteiger partial charge is 0.340 e. The molecule has 0 N–H and O–H groups in total. The summed E-state index contributed by atoms with van der Waals surface area (Å²) < 4.78 is 9.32. The number of Topliss-reactive ketones (excluding diaryl/α,β-unsaturated/α-hetero) is 1. The normalized spacial score (nSPS) is 11.1. The summed E-state index contributed by atoms with van der Waals surface area (Å²) in [6, 6.07) is 9.50. The number of benzene rings is 1. The zero-order chi connectivity index (χ0) is 18.8. The first-order valence-electron chi connectivity index (χ1n) is 8.85. The number of carbonyl (C=O) groups is 2. The third-order valence-corrected chi connectivity index (χ3v) is 4.77. The average molecular weight is 352 g/mol. The first-order chi connectivity index (χ1) is 12.4. The summed E-state index contributed by atoms with van der Waals surface area (Å²) in [7, 11) is 1.88. The van der Waals surface area contributed by atoms with Gasteiger partial charge in [-0.25, -0.2) is 4.79 Å². The van der Waals surface area contributed by atoms with E-state index in [4.69, 9.17) is 4.74 Å². The van der Waals surface area contributed by atoms with Crippen LogP contribution in [0.4, 0.5) is 0 Å². The van der Waals surface area contributed by atoms with E-state index in [0.717, 1.165) is 35.3 Å². The van der Waals surface area contributed by atoms with Crippen molar-refractivity contribution in [3.05, 3.63) is 59.0 Å². The van der Waals surface area contributed by atoms with E-state index in [0.29, 0.717) is 11.1 Å². The molecule has 136 valence electrons. The fourth-order valence-corrected chi connectivity index (χ4v) is 3.44. The van der Waals surface area contributed by atoms with Gasteiger partial charge in [-0.05, 0) is 32.4 Å². The molecular weight excluding hydrogens is 328 g/mol. The standard InChI is InChI=1S/C21H24N2O3/c1-5-10-23-14(2)11-17(15(23)3)20(24)13-26-21(25)18-12-22(4)19-9-7-6-8-16(18)19/h6-9,11-12H,5,10,13H2,1-4H3. The van der Waals surface area contributed by atoms with Crippen molar-refractivity contribution in [1.29, 1.82) is 0 Å². The highest BCUT2D eigenvalue weighted by Crippen LogP contribution is 2.21. The van der Waals surface area contributed by atoms with E-state index in [2.05, 4.69) is 11.5 Å². The molecule has 0 radical (unpaired) electrons. The second-order valence-corrected chi connectivity index (χ2v) is 6.61. The van der Waals surface area contributed by atoms with Gasteiger partial charge in [-0.2, -0.15) is 0 Å². The molecule has 5 heteroatoms. The second kappa shape index (κ2) is 7.20. The molecular formula is C21H24N2O3. The molecule has 1 aromatic carbocycles. The van der Waals surface area contributed by atoms with Gasteiger partial charge in [0.25, 0.3) is 0 Å². The first-order valence-corrected chi connectivity index (χ1v) is 8.85. The molecule has 3 aromatic rings. The summed E-state index contributed by atoms with van der Waals surface area (Å²) in [6.45, 7) is 6.65. The lowest BCUT2D eigenvalue weighted by molar-refractivity contribution is 0.0476. The number of para-hydroxylation sites is 1. The lowest BCUT2D eigenvalue weighted by Gasteiger charge is -2.08. The van der Waals surface area contributed by atoms with Crippen LogP contribution < -0.4 is 0 Å². The van der Waals surface area contributed by atoms with Crippen LogP contribution in [0, 0.1) is 13.8 Å². The summed E-state index contributed by atoms with van der Waals surface area (Å²) in [5.41, 5.74) is 4.03. The van der Waals surface area contributed by atoms with Crippen LogP contribution in [-0.4, -0.2) is 27.5 Å². The molecule has 0 aliphatic carbocycles. The minimum atomic E-state index is -0.475. The number of hydrogen-bond donors (Lipinski definition) is 0. The molecule has 0 aliphatic rings. The monoisotopic (exact) mass is 352 g/mol. The van der Waals surface area contributed by atoms with Crippen molar-refractivity contribution in [3.8, 4) is 0 Å². The van der Waals surface area contributed by atoms with Crippen LogP contribution in [0.25, 0.3) is 10.9 Å². The van der Waals surface area contributed by atoms with Crippen molar-refractivity contribution in [3.63, 3.8) is 0 Å². The van der Waals surface area contributed by atoms with Gasteiger partial charge in [-0.1, -0.05) is 25.1 Å². The van der Waals surface area contributed by atoms with Gasteiger partial charge in [-0.3, -0.25) is 4.79 Å². The van der Waals surface area contributed by atoms with Crippen LogP contribution >= 0.6 is 0 Å². The summed E-state index contributed by atoms with van der Waals surface area (Å²) >= 11 is 0. The van der Waals surface area contributed by atoms with Crippen LogP contribution in [0.2, 0.25) is 0 Å². The van der Waals surface area contributed by atoms with E-state index < -0.39 is 5.97 Å². The average Bonchev–Trinajstić information content (AvgIpc) is 3.12. The van der Waals surface area contributed by atoms with Gasteiger partial charge in [0.2, 0.25) is 5.78 Å². The number of rotatable bonds is 6. The Kier molecular flexibility index (Phi) is 4.98. The summed E-state index contributed by atoms with van der Waals surface area (Å²) in [5, 5.41) is 0.827. The van der Waals surface area contributed by atoms with Crippen molar-refractivity contribution in [1.82, 2.24) is 9.13 Å².